The Morgan fingerprint density at radius 2 is 2.35 bits per heavy atom. The van der Waals surface area contributed by atoms with E-state index in [1.54, 1.807) is 11.8 Å². The molecule has 0 fully saturated rings. The third-order valence-electron chi connectivity index (χ3n) is 2.80. The van der Waals surface area contributed by atoms with Gasteiger partial charge in [0.15, 0.2) is 0 Å². The van der Waals surface area contributed by atoms with Crippen LogP contribution in [0.4, 0.5) is 0 Å². The first-order chi connectivity index (χ1) is 8.13. The van der Waals surface area contributed by atoms with Crippen molar-refractivity contribution in [2.75, 3.05) is 12.0 Å². The number of rotatable bonds is 7. The molecule has 4 nitrogen and oxygen atoms in total. The molecule has 0 aliphatic heterocycles. The lowest BCUT2D eigenvalue weighted by atomic mass is 10.0. The lowest BCUT2D eigenvalue weighted by molar-refractivity contribution is -0.141. The van der Waals surface area contributed by atoms with Gasteiger partial charge in [-0.05, 0) is 37.2 Å². The van der Waals surface area contributed by atoms with Crippen LogP contribution in [0.3, 0.4) is 0 Å². The second-order valence-electron chi connectivity index (χ2n) is 4.21. The van der Waals surface area contributed by atoms with Crippen molar-refractivity contribution < 1.29 is 14.7 Å². The van der Waals surface area contributed by atoms with Crippen LogP contribution < -0.4 is 5.32 Å². The Hall–Kier alpha value is -0.970. The summed E-state index contributed by atoms with van der Waals surface area (Å²) in [6.45, 7) is 0. The van der Waals surface area contributed by atoms with E-state index >= 15 is 0 Å². The number of amides is 1. The fourth-order valence-electron chi connectivity index (χ4n) is 1.85. The van der Waals surface area contributed by atoms with Gasteiger partial charge >= 0.3 is 5.97 Å². The quantitative estimate of drug-likeness (QED) is 0.681. The second-order valence-corrected chi connectivity index (χ2v) is 5.20. The molecule has 0 aromatic carbocycles. The zero-order valence-electron chi connectivity index (χ0n) is 10.0. The first-order valence-corrected chi connectivity index (χ1v) is 7.20. The van der Waals surface area contributed by atoms with Crippen molar-refractivity contribution in [1.29, 1.82) is 0 Å². The number of carboxylic acid groups (broad SMARTS) is 1. The van der Waals surface area contributed by atoms with Crippen LogP contribution in [0.2, 0.25) is 0 Å². The number of hydrogen-bond donors (Lipinski definition) is 2. The van der Waals surface area contributed by atoms with E-state index in [2.05, 4.69) is 11.4 Å². The Labute approximate surface area is 106 Å². The monoisotopic (exact) mass is 257 g/mol. The van der Waals surface area contributed by atoms with E-state index in [0.29, 0.717) is 12.8 Å². The van der Waals surface area contributed by atoms with Crippen molar-refractivity contribution in [3.05, 3.63) is 12.2 Å². The largest absolute Gasteiger partial charge is 0.480 e. The fourth-order valence-corrected chi connectivity index (χ4v) is 2.32. The maximum absolute atomic E-state index is 11.7. The van der Waals surface area contributed by atoms with Gasteiger partial charge in [0.25, 0.3) is 0 Å². The Kier molecular flexibility index (Phi) is 6.11. The normalized spacial score (nSPS) is 20.2. The molecule has 0 saturated heterocycles. The van der Waals surface area contributed by atoms with Gasteiger partial charge in [0, 0.05) is 6.42 Å². The van der Waals surface area contributed by atoms with Gasteiger partial charge in [-0.15, -0.1) is 0 Å². The Morgan fingerprint density at radius 3 is 2.88 bits per heavy atom. The summed E-state index contributed by atoms with van der Waals surface area (Å²) in [5, 5.41) is 11.6. The van der Waals surface area contributed by atoms with Gasteiger partial charge in [0.05, 0.1) is 0 Å². The predicted molar refractivity (Wildman–Crippen MR) is 69.0 cm³/mol. The van der Waals surface area contributed by atoms with Crippen molar-refractivity contribution in [3.63, 3.8) is 0 Å². The molecule has 2 N–H and O–H groups in total. The number of aliphatic carboxylic acids is 1. The molecule has 1 aliphatic rings. The number of hydrogen-bond acceptors (Lipinski definition) is 3. The van der Waals surface area contributed by atoms with E-state index in [1.165, 1.54) is 0 Å². The minimum atomic E-state index is -0.950. The summed E-state index contributed by atoms with van der Waals surface area (Å²) < 4.78 is 0. The summed E-state index contributed by atoms with van der Waals surface area (Å²) in [6.07, 6.45) is 8.92. The highest BCUT2D eigenvalue weighted by molar-refractivity contribution is 7.98. The van der Waals surface area contributed by atoms with E-state index in [0.717, 1.165) is 18.6 Å². The van der Waals surface area contributed by atoms with Crippen LogP contribution in [0.25, 0.3) is 0 Å². The van der Waals surface area contributed by atoms with Crippen molar-refractivity contribution in [1.82, 2.24) is 5.32 Å². The zero-order chi connectivity index (χ0) is 12.7. The van der Waals surface area contributed by atoms with Crippen LogP contribution >= 0.6 is 11.8 Å². The van der Waals surface area contributed by atoms with E-state index in [1.807, 2.05) is 12.3 Å². The average molecular weight is 257 g/mol. The molecular formula is C12H19NO3S. The molecule has 1 unspecified atom stereocenters. The van der Waals surface area contributed by atoms with Crippen LogP contribution in [-0.4, -0.2) is 35.0 Å². The summed E-state index contributed by atoms with van der Waals surface area (Å²) in [7, 11) is 0. The Morgan fingerprint density at radius 1 is 1.59 bits per heavy atom. The van der Waals surface area contributed by atoms with Crippen molar-refractivity contribution >= 4 is 23.6 Å². The summed E-state index contributed by atoms with van der Waals surface area (Å²) in [6, 6.07) is -0.750. The molecule has 1 amide bonds. The van der Waals surface area contributed by atoms with Gasteiger partial charge in [-0.2, -0.15) is 11.8 Å². The van der Waals surface area contributed by atoms with E-state index in [-0.39, 0.29) is 11.8 Å². The van der Waals surface area contributed by atoms with Crippen LogP contribution in [0.15, 0.2) is 12.2 Å². The van der Waals surface area contributed by atoms with Crippen molar-refractivity contribution in [3.8, 4) is 0 Å². The molecule has 0 spiro atoms. The van der Waals surface area contributed by atoms with Gasteiger partial charge in [-0.1, -0.05) is 12.2 Å². The van der Waals surface area contributed by atoms with Crippen molar-refractivity contribution in [2.45, 2.75) is 31.7 Å². The number of carbonyl (C=O) groups is 2. The molecule has 1 rings (SSSR count). The van der Waals surface area contributed by atoms with Crippen LogP contribution in [0.1, 0.15) is 25.7 Å². The van der Waals surface area contributed by atoms with Crippen LogP contribution in [0, 0.1) is 5.92 Å². The summed E-state index contributed by atoms with van der Waals surface area (Å²) in [4.78, 5) is 22.6. The molecule has 2 atom stereocenters. The highest BCUT2D eigenvalue weighted by Crippen LogP contribution is 2.20. The standard InChI is InChI=1S/C12H19NO3S/c1-17-7-6-10(12(15)16)13-11(14)8-9-4-2-3-5-9/h2,4,9-10H,3,5-8H2,1H3,(H,13,14)(H,15,16)/t9?,10-/m0/s1. The Balaban J connectivity index is 2.34. The van der Waals surface area contributed by atoms with Gasteiger partial charge in [-0.3, -0.25) is 4.79 Å². The molecule has 5 heteroatoms. The highest BCUT2D eigenvalue weighted by atomic mass is 32.2. The maximum Gasteiger partial charge on any atom is 0.326 e. The Bertz CT molecular complexity index is 304. The third-order valence-corrected chi connectivity index (χ3v) is 3.45. The lowest BCUT2D eigenvalue weighted by Gasteiger charge is -2.15. The van der Waals surface area contributed by atoms with Gasteiger partial charge in [0.1, 0.15) is 6.04 Å². The molecule has 0 aromatic rings. The second kappa shape index (κ2) is 7.37. The molecule has 17 heavy (non-hydrogen) atoms. The SMILES string of the molecule is CSCC[C@H](NC(=O)CC1C=CCC1)C(=O)O. The van der Waals surface area contributed by atoms with Gasteiger partial charge < -0.3 is 10.4 Å². The highest BCUT2D eigenvalue weighted by Gasteiger charge is 2.21. The molecule has 0 heterocycles. The minimum Gasteiger partial charge on any atom is -0.480 e. The van der Waals surface area contributed by atoms with E-state index in [9.17, 15) is 9.59 Å². The van der Waals surface area contributed by atoms with Gasteiger partial charge in [0.2, 0.25) is 5.91 Å². The zero-order valence-corrected chi connectivity index (χ0v) is 10.8. The van der Waals surface area contributed by atoms with Crippen LogP contribution in [-0.2, 0) is 9.59 Å². The van der Waals surface area contributed by atoms with Gasteiger partial charge in [-0.25, -0.2) is 4.79 Å². The smallest absolute Gasteiger partial charge is 0.326 e. The summed E-state index contributed by atoms with van der Waals surface area (Å²) in [5.41, 5.74) is 0. The molecule has 0 bridgehead atoms. The third kappa shape index (κ3) is 5.26. The molecule has 1 aliphatic carbocycles. The molecule has 0 radical (unpaired) electrons. The number of thioether (sulfide) groups is 1. The number of allylic oxidation sites excluding steroid dienone is 2. The van der Waals surface area contributed by atoms with Crippen LogP contribution in [0.5, 0.6) is 0 Å². The average Bonchev–Trinajstić information content (AvgIpc) is 2.76. The number of carboxylic acids is 1. The fraction of sp³-hybridized carbons (Fsp3) is 0.667. The summed E-state index contributed by atoms with van der Waals surface area (Å²) in [5.74, 6) is -0.0879. The molecule has 96 valence electrons. The molecular weight excluding hydrogens is 238 g/mol. The molecule has 0 saturated carbocycles. The minimum absolute atomic E-state index is 0.157. The number of carbonyl (C=O) groups excluding carboxylic acids is 1. The van der Waals surface area contributed by atoms with Crippen molar-refractivity contribution in [2.24, 2.45) is 5.92 Å². The van der Waals surface area contributed by atoms with E-state index in [4.69, 9.17) is 5.11 Å². The first-order valence-electron chi connectivity index (χ1n) is 5.81. The maximum atomic E-state index is 11.7. The van der Waals surface area contributed by atoms with E-state index < -0.39 is 12.0 Å². The molecule has 0 aromatic heterocycles. The lowest BCUT2D eigenvalue weighted by Crippen LogP contribution is -2.41. The summed E-state index contributed by atoms with van der Waals surface area (Å²) >= 11 is 1.58. The number of nitrogens with one attached hydrogen (secondary N) is 1. The first kappa shape index (κ1) is 14.1. The predicted octanol–water partition coefficient (Wildman–Crippen LogP) is 1.67. The topological polar surface area (TPSA) is 66.4 Å².